The Morgan fingerprint density at radius 3 is 2.89 bits per heavy atom. The summed E-state index contributed by atoms with van der Waals surface area (Å²) in [5.74, 6) is 0.0199. The predicted octanol–water partition coefficient (Wildman–Crippen LogP) is 2.18. The molecular weight excluding hydrogens is 246 g/mol. The van der Waals surface area contributed by atoms with E-state index in [4.69, 9.17) is 5.11 Å². The SMILES string of the molecule is CC(CO)CNc1c([N+](=O)[O-])cnc2ccccc12. The van der Waals surface area contributed by atoms with Gasteiger partial charge >= 0.3 is 5.69 Å². The summed E-state index contributed by atoms with van der Waals surface area (Å²) >= 11 is 0. The van der Waals surface area contributed by atoms with E-state index in [2.05, 4.69) is 10.3 Å². The third-order valence-corrected chi connectivity index (χ3v) is 2.89. The fourth-order valence-corrected chi connectivity index (χ4v) is 1.80. The highest BCUT2D eigenvalue weighted by Gasteiger charge is 2.18. The zero-order valence-corrected chi connectivity index (χ0v) is 10.5. The van der Waals surface area contributed by atoms with E-state index in [1.165, 1.54) is 6.20 Å². The molecule has 2 N–H and O–H groups in total. The number of rotatable bonds is 5. The predicted molar refractivity (Wildman–Crippen MR) is 73.1 cm³/mol. The third kappa shape index (κ3) is 2.79. The van der Waals surface area contributed by atoms with Gasteiger partial charge in [0.1, 0.15) is 11.9 Å². The lowest BCUT2D eigenvalue weighted by atomic mass is 10.1. The van der Waals surface area contributed by atoms with Crippen LogP contribution in [0.3, 0.4) is 0 Å². The number of aromatic nitrogens is 1. The minimum Gasteiger partial charge on any atom is -0.396 e. The van der Waals surface area contributed by atoms with Crippen molar-refractivity contribution in [3.8, 4) is 0 Å². The second kappa shape index (κ2) is 5.62. The summed E-state index contributed by atoms with van der Waals surface area (Å²) in [4.78, 5) is 14.7. The number of nitrogens with zero attached hydrogens (tertiary/aromatic N) is 2. The average molecular weight is 261 g/mol. The number of pyridine rings is 1. The molecule has 19 heavy (non-hydrogen) atoms. The van der Waals surface area contributed by atoms with Crippen LogP contribution in [0.5, 0.6) is 0 Å². The average Bonchev–Trinajstić information content (AvgIpc) is 2.43. The van der Waals surface area contributed by atoms with Gasteiger partial charge in [0.15, 0.2) is 0 Å². The zero-order valence-electron chi connectivity index (χ0n) is 10.5. The number of aliphatic hydroxyl groups is 1. The summed E-state index contributed by atoms with van der Waals surface area (Å²) in [5.41, 5.74) is 1.10. The van der Waals surface area contributed by atoms with Crippen molar-refractivity contribution in [3.63, 3.8) is 0 Å². The highest BCUT2D eigenvalue weighted by atomic mass is 16.6. The van der Waals surface area contributed by atoms with Crippen LogP contribution < -0.4 is 5.32 Å². The maximum Gasteiger partial charge on any atom is 0.311 e. The van der Waals surface area contributed by atoms with E-state index in [1.807, 2.05) is 19.1 Å². The molecule has 1 heterocycles. The summed E-state index contributed by atoms with van der Waals surface area (Å²) in [5, 5.41) is 23.8. The van der Waals surface area contributed by atoms with Gasteiger partial charge < -0.3 is 10.4 Å². The first kappa shape index (κ1) is 13.2. The molecule has 1 atom stereocenters. The van der Waals surface area contributed by atoms with Crippen LogP contribution in [0.1, 0.15) is 6.92 Å². The van der Waals surface area contributed by atoms with E-state index in [0.29, 0.717) is 23.1 Å². The molecule has 0 amide bonds. The topological polar surface area (TPSA) is 88.3 Å². The van der Waals surface area contributed by atoms with Gasteiger partial charge in [-0.2, -0.15) is 0 Å². The van der Waals surface area contributed by atoms with Gasteiger partial charge in [-0.15, -0.1) is 0 Å². The van der Waals surface area contributed by atoms with E-state index in [0.717, 1.165) is 0 Å². The Balaban J connectivity index is 2.46. The summed E-state index contributed by atoms with van der Waals surface area (Å²) < 4.78 is 0. The van der Waals surface area contributed by atoms with Crippen molar-refractivity contribution in [2.24, 2.45) is 5.92 Å². The number of hydrogen-bond acceptors (Lipinski definition) is 5. The smallest absolute Gasteiger partial charge is 0.311 e. The summed E-state index contributed by atoms with van der Waals surface area (Å²) in [6.45, 7) is 2.36. The number of para-hydroxylation sites is 1. The molecule has 0 aliphatic heterocycles. The fourth-order valence-electron chi connectivity index (χ4n) is 1.80. The van der Waals surface area contributed by atoms with Gasteiger partial charge in [0.05, 0.1) is 10.4 Å². The van der Waals surface area contributed by atoms with Gasteiger partial charge in [0.25, 0.3) is 0 Å². The number of aliphatic hydroxyl groups excluding tert-OH is 1. The van der Waals surface area contributed by atoms with Gasteiger partial charge in [0.2, 0.25) is 0 Å². The Labute approximate surface area is 110 Å². The standard InChI is InChI=1S/C13H15N3O3/c1-9(8-17)6-15-13-10-4-2-3-5-11(10)14-7-12(13)16(18)19/h2-5,7,9,17H,6,8H2,1H3,(H,14,15). The second-order valence-electron chi connectivity index (χ2n) is 4.46. The molecule has 0 aliphatic rings. The first-order chi connectivity index (χ1) is 9.13. The van der Waals surface area contributed by atoms with E-state index in [1.54, 1.807) is 12.1 Å². The largest absolute Gasteiger partial charge is 0.396 e. The van der Waals surface area contributed by atoms with Crippen molar-refractivity contribution in [1.29, 1.82) is 0 Å². The Kier molecular flexibility index (Phi) is 3.91. The van der Waals surface area contributed by atoms with Crippen LogP contribution in [0.2, 0.25) is 0 Å². The van der Waals surface area contributed by atoms with Gasteiger partial charge in [0, 0.05) is 18.5 Å². The molecule has 2 rings (SSSR count). The maximum atomic E-state index is 11.1. The molecule has 0 spiro atoms. The number of nitro groups is 1. The first-order valence-electron chi connectivity index (χ1n) is 6.00. The molecule has 0 fully saturated rings. The van der Waals surface area contributed by atoms with Crippen molar-refractivity contribution in [1.82, 2.24) is 4.98 Å². The fraction of sp³-hybridized carbons (Fsp3) is 0.308. The van der Waals surface area contributed by atoms with E-state index in [9.17, 15) is 10.1 Å². The summed E-state index contributed by atoms with van der Waals surface area (Å²) in [7, 11) is 0. The Hall–Kier alpha value is -2.21. The molecule has 0 aliphatic carbocycles. The van der Waals surface area contributed by atoms with Crippen LogP contribution in [-0.4, -0.2) is 28.2 Å². The van der Waals surface area contributed by atoms with Crippen LogP contribution in [0.25, 0.3) is 10.9 Å². The van der Waals surface area contributed by atoms with E-state index in [-0.39, 0.29) is 18.2 Å². The summed E-state index contributed by atoms with van der Waals surface area (Å²) in [6, 6.07) is 7.25. The van der Waals surface area contributed by atoms with Crippen LogP contribution in [-0.2, 0) is 0 Å². The normalized spacial score (nSPS) is 12.3. The second-order valence-corrected chi connectivity index (χ2v) is 4.46. The number of nitrogens with one attached hydrogen (secondary N) is 1. The molecule has 0 saturated carbocycles. The molecule has 1 aromatic carbocycles. The molecule has 6 heteroatoms. The highest BCUT2D eigenvalue weighted by Crippen LogP contribution is 2.31. The molecule has 6 nitrogen and oxygen atoms in total. The molecule has 1 unspecified atom stereocenters. The quantitative estimate of drug-likeness (QED) is 0.636. The molecule has 1 aromatic heterocycles. The Morgan fingerprint density at radius 1 is 1.47 bits per heavy atom. The summed E-state index contributed by atoms with van der Waals surface area (Å²) in [6.07, 6.45) is 1.26. The van der Waals surface area contributed by atoms with Gasteiger partial charge in [-0.3, -0.25) is 10.1 Å². The Bertz CT molecular complexity index is 601. The minimum absolute atomic E-state index is 0.0199. The van der Waals surface area contributed by atoms with E-state index < -0.39 is 4.92 Å². The zero-order chi connectivity index (χ0) is 13.8. The molecule has 0 radical (unpaired) electrons. The van der Waals surface area contributed by atoms with Crippen LogP contribution in [0, 0.1) is 16.0 Å². The van der Waals surface area contributed by atoms with E-state index >= 15 is 0 Å². The van der Waals surface area contributed by atoms with Gasteiger partial charge in [-0.1, -0.05) is 25.1 Å². The van der Waals surface area contributed by atoms with Crippen molar-refractivity contribution in [3.05, 3.63) is 40.6 Å². The number of benzene rings is 1. The monoisotopic (exact) mass is 261 g/mol. The lowest BCUT2D eigenvalue weighted by Crippen LogP contribution is -2.15. The maximum absolute atomic E-state index is 11.1. The highest BCUT2D eigenvalue weighted by molar-refractivity contribution is 5.95. The molecule has 0 bridgehead atoms. The lowest BCUT2D eigenvalue weighted by molar-refractivity contribution is -0.384. The lowest BCUT2D eigenvalue weighted by Gasteiger charge is -2.12. The first-order valence-corrected chi connectivity index (χ1v) is 6.00. The number of hydrogen-bond donors (Lipinski definition) is 2. The third-order valence-electron chi connectivity index (χ3n) is 2.89. The van der Waals surface area contributed by atoms with Crippen molar-refractivity contribution >= 4 is 22.3 Å². The number of fused-ring (bicyclic) bond motifs is 1. The molecular formula is C13H15N3O3. The van der Waals surface area contributed by atoms with Gasteiger partial charge in [-0.05, 0) is 12.0 Å². The van der Waals surface area contributed by atoms with Crippen molar-refractivity contribution in [2.75, 3.05) is 18.5 Å². The van der Waals surface area contributed by atoms with Crippen molar-refractivity contribution < 1.29 is 10.0 Å². The molecule has 2 aromatic rings. The molecule has 100 valence electrons. The van der Waals surface area contributed by atoms with Gasteiger partial charge in [-0.25, -0.2) is 4.98 Å². The van der Waals surface area contributed by atoms with Crippen molar-refractivity contribution in [2.45, 2.75) is 6.92 Å². The van der Waals surface area contributed by atoms with Crippen LogP contribution >= 0.6 is 0 Å². The molecule has 0 saturated heterocycles. The number of anilines is 1. The minimum atomic E-state index is -0.453. The Morgan fingerprint density at radius 2 is 2.21 bits per heavy atom. The van der Waals surface area contributed by atoms with Crippen LogP contribution in [0.15, 0.2) is 30.5 Å². The van der Waals surface area contributed by atoms with Crippen LogP contribution in [0.4, 0.5) is 11.4 Å².